The molecule has 2 aromatic rings. The van der Waals surface area contributed by atoms with Crippen LogP contribution in [0.4, 0.5) is 5.69 Å². The zero-order chi connectivity index (χ0) is 18.0. The van der Waals surface area contributed by atoms with Gasteiger partial charge in [0.1, 0.15) is 0 Å². The van der Waals surface area contributed by atoms with Crippen LogP contribution in [0.3, 0.4) is 0 Å². The summed E-state index contributed by atoms with van der Waals surface area (Å²) in [4.78, 5) is 12.2. The van der Waals surface area contributed by atoms with E-state index in [0.29, 0.717) is 23.6 Å². The van der Waals surface area contributed by atoms with E-state index in [4.69, 9.17) is 21.1 Å². The Morgan fingerprint density at radius 3 is 2.64 bits per heavy atom. The lowest BCUT2D eigenvalue weighted by molar-refractivity contribution is 0.0951. The van der Waals surface area contributed by atoms with Crippen molar-refractivity contribution in [3.05, 3.63) is 52.5 Å². The molecule has 1 aliphatic rings. The fraction of sp³-hybridized carbons (Fsp3) is 0.188. The average Bonchev–Trinajstić information content (AvgIpc) is 3.01. The van der Waals surface area contributed by atoms with Gasteiger partial charge in [-0.05, 0) is 35.9 Å². The Hall–Kier alpha value is -2.45. The van der Waals surface area contributed by atoms with Crippen molar-refractivity contribution < 1.29 is 22.7 Å². The first-order chi connectivity index (χ1) is 11.8. The van der Waals surface area contributed by atoms with Gasteiger partial charge in [0, 0.05) is 12.1 Å². The lowest BCUT2D eigenvalue weighted by atomic mass is 10.1. The summed E-state index contributed by atoms with van der Waals surface area (Å²) in [6.07, 6.45) is 1.02. The molecule has 1 heterocycles. The molecule has 132 valence electrons. The Morgan fingerprint density at radius 1 is 1.16 bits per heavy atom. The van der Waals surface area contributed by atoms with Gasteiger partial charge in [0.15, 0.2) is 11.5 Å². The number of nitrogens with one attached hydrogen (secondary N) is 2. The first kappa shape index (κ1) is 17.4. The standard InChI is InChI=1S/C16H15ClN2O5S/c1-25(21,22)19-13-4-3-11(7-12(13)17)16(20)18-8-10-2-5-14-15(6-10)24-9-23-14/h2-7,19H,8-9H2,1H3,(H,18,20). The molecular formula is C16H15ClN2O5S. The zero-order valence-corrected chi connectivity index (χ0v) is 14.8. The van der Waals surface area contributed by atoms with E-state index in [-0.39, 0.29) is 23.4 Å². The predicted molar refractivity (Wildman–Crippen MR) is 93.7 cm³/mol. The van der Waals surface area contributed by atoms with Crippen LogP contribution < -0.4 is 19.5 Å². The third kappa shape index (κ3) is 4.34. The fourth-order valence-corrected chi connectivity index (χ4v) is 3.14. The lowest BCUT2D eigenvalue weighted by Gasteiger charge is -2.09. The second kappa shape index (κ2) is 6.81. The van der Waals surface area contributed by atoms with Gasteiger partial charge >= 0.3 is 0 Å². The molecule has 3 rings (SSSR count). The summed E-state index contributed by atoms with van der Waals surface area (Å²) in [6.45, 7) is 0.494. The first-order valence-corrected chi connectivity index (χ1v) is 9.53. The van der Waals surface area contributed by atoms with Crippen molar-refractivity contribution in [2.45, 2.75) is 6.54 Å². The second-order valence-corrected chi connectivity index (χ2v) is 7.59. The van der Waals surface area contributed by atoms with E-state index in [1.54, 1.807) is 12.1 Å². The Bertz CT molecular complexity index is 930. The van der Waals surface area contributed by atoms with Gasteiger partial charge in [0.25, 0.3) is 5.91 Å². The minimum absolute atomic E-state index is 0.140. The molecule has 1 aliphatic heterocycles. The predicted octanol–water partition coefficient (Wildman–Crippen LogP) is 2.37. The van der Waals surface area contributed by atoms with Crippen molar-refractivity contribution in [1.82, 2.24) is 5.32 Å². The average molecular weight is 383 g/mol. The molecule has 2 N–H and O–H groups in total. The summed E-state index contributed by atoms with van der Waals surface area (Å²) in [6, 6.07) is 9.76. The number of hydrogen-bond donors (Lipinski definition) is 2. The highest BCUT2D eigenvalue weighted by Crippen LogP contribution is 2.32. The number of ether oxygens (including phenoxy) is 2. The molecule has 0 aromatic heterocycles. The fourth-order valence-electron chi connectivity index (χ4n) is 2.27. The largest absolute Gasteiger partial charge is 0.454 e. The molecular weight excluding hydrogens is 368 g/mol. The highest BCUT2D eigenvalue weighted by molar-refractivity contribution is 7.92. The number of anilines is 1. The van der Waals surface area contributed by atoms with E-state index >= 15 is 0 Å². The Balaban J connectivity index is 1.66. The maximum absolute atomic E-state index is 12.2. The summed E-state index contributed by atoms with van der Waals surface area (Å²) in [5.74, 6) is 0.993. The quantitative estimate of drug-likeness (QED) is 0.828. The summed E-state index contributed by atoms with van der Waals surface area (Å²) < 4.78 is 35.3. The number of benzene rings is 2. The minimum Gasteiger partial charge on any atom is -0.454 e. The number of rotatable bonds is 5. The highest BCUT2D eigenvalue weighted by atomic mass is 35.5. The molecule has 0 saturated heterocycles. The molecule has 7 nitrogen and oxygen atoms in total. The Kier molecular flexibility index (Phi) is 4.73. The van der Waals surface area contributed by atoms with Crippen molar-refractivity contribution in [3.8, 4) is 11.5 Å². The van der Waals surface area contributed by atoms with Crippen LogP contribution in [-0.2, 0) is 16.6 Å². The van der Waals surface area contributed by atoms with Gasteiger partial charge in [0.05, 0.1) is 17.0 Å². The van der Waals surface area contributed by atoms with Crippen LogP contribution >= 0.6 is 11.6 Å². The molecule has 1 amide bonds. The molecule has 0 fully saturated rings. The van der Waals surface area contributed by atoms with Crippen LogP contribution in [0.25, 0.3) is 0 Å². The van der Waals surface area contributed by atoms with Gasteiger partial charge in [-0.2, -0.15) is 0 Å². The number of hydrogen-bond acceptors (Lipinski definition) is 5. The maximum atomic E-state index is 12.2. The minimum atomic E-state index is -3.44. The normalized spacial score (nSPS) is 12.7. The molecule has 2 aromatic carbocycles. The summed E-state index contributed by atoms with van der Waals surface area (Å²) >= 11 is 6.02. The highest BCUT2D eigenvalue weighted by Gasteiger charge is 2.14. The molecule has 0 aliphatic carbocycles. The molecule has 0 bridgehead atoms. The number of carbonyl (C=O) groups excluding carboxylic acids is 1. The van der Waals surface area contributed by atoms with Crippen molar-refractivity contribution in [1.29, 1.82) is 0 Å². The van der Waals surface area contributed by atoms with Crippen LogP contribution in [0.15, 0.2) is 36.4 Å². The van der Waals surface area contributed by atoms with Gasteiger partial charge in [-0.15, -0.1) is 0 Å². The van der Waals surface area contributed by atoms with Gasteiger partial charge < -0.3 is 14.8 Å². The van der Waals surface area contributed by atoms with Crippen LogP contribution in [-0.4, -0.2) is 27.4 Å². The molecule has 9 heteroatoms. The van der Waals surface area contributed by atoms with Crippen molar-refractivity contribution in [3.63, 3.8) is 0 Å². The van der Waals surface area contributed by atoms with Crippen LogP contribution in [0.2, 0.25) is 5.02 Å². The molecule has 0 radical (unpaired) electrons. The number of sulfonamides is 1. The van der Waals surface area contributed by atoms with Gasteiger partial charge in [0.2, 0.25) is 16.8 Å². The van der Waals surface area contributed by atoms with E-state index in [1.807, 2.05) is 6.07 Å². The molecule has 0 spiro atoms. The van der Waals surface area contributed by atoms with Crippen molar-refractivity contribution in [2.75, 3.05) is 17.8 Å². The van der Waals surface area contributed by atoms with E-state index in [9.17, 15) is 13.2 Å². The van der Waals surface area contributed by atoms with Crippen molar-refractivity contribution in [2.24, 2.45) is 0 Å². The van der Waals surface area contributed by atoms with Gasteiger partial charge in [-0.3, -0.25) is 9.52 Å². The van der Waals surface area contributed by atoms with E-state index in [2.05, 4.69) is 10.0 Å². The number of fused-ring (bicyclic) bond motifs is 1. The maximum Gasteiger partial charge on any atom is 0.251 e. The summed E-state index contributed by atoms with van der Waals surface area (Å²) in [5.41, 5.74) is 1.40. The Morgan fingerprint density at radius 2 is 1.92 bits per heavy atom. The van der Waals surface area contributed by atoms with Gasteiger partial charge in [-0.1, -0.05) is 17.7 Å². The van der Waals surface area contributed by atoms with Crippen LogP contribution in [0, 0.1) is 0 Å². The third-order valence-corrected chi connectivity index (χ3v) is 4.32. The van der Waals surface area contributed by atoms with Crippen LogP contribution in [0.1, 0.15) is 15.9 Å². The SMILES string of the molecule is CS(=O)(=O)Nc1ccc(C(=O)NCc2ccc3c(c2)OCO3)cc1Cl. The summed E-state index contributed by atoms with van der Waals surface area (Å²) in [7, 11) is -3.44. The molecule has 0 saturated carbocycles. The first-order valence-electron chi connectivity index (χ1n) is 7.26. The molecule has 0 atom stereocenters. The number of halogens is 1. The van der Waals surface area contributed by atoms with Crippen molar-refractivity contribution >= 4 is 33.2 Å². The van der Waals surface area contributed by atoms with E-state index in [1.165, 1.54) is 18.2 Å². The topological polar surface area (TPSA) is 93.7 Å². The molecule has 0 unspecified atom stereocenters. The number of carbonyl (C=O) groups is 1. The lowest BCUT2D eigenvalue weighted by Crippen LogP contribution is -2.22. The van der Waals surface area contributed by atoms with E-state index < -0.39 is 10.0 Å². The summed E-state index contributed by atoms with van der Waals surface area (Å²) in [5, 5.41) is 2.91. The second-order valence-electron chi connectivity index (χ2n) is 5.44. The monoisotopic (exact) mass is 382 g/mol. The molecule has 25 heavy (non-hydrogen) atoms. The van der Waals surface area contributed by atoms with Crippen LogP contribution in [0.5, 0.6) is 11.5 Å². The smallest absolute Gasteiger partial charge is 0.251 e. The third-order valence-electron chi connectivity index (χ3n) is 3.42. The van der Waals surface area contributed by atoms with Gasteiger partial charge in [-0.25, -0.2) is 8.42 Å². The number of amides is 1. The Labute approximate surface area is 149 Å². The zero-order valence-electron chi connectivity index (χ0n) is 13.2. The van der Waals surface area contributed by atoms with E-state index in [0.717, 1.165) is 11.8 Å².